The van der Waals surface area contributed by atoms with Crippen LogP contribution in [0.5, 0.6) is 5.75 Å². The molecule has 1 aromatic carbocycles. The SMILES string of the molecule is COCCC(=O)NCC(NC(=O)CN1C(=O)C=CC1=O)C(=O)NCC(=O)Nc1cc(COC=O)ccc1O[C@@H]1O[C@H](C(=O)O)[C@@H](O)[C@H](O)[C@H]1O. The number of methoxy groups -OCH3 is 1. The van der Waals surface area contributed by atoms with E-state index in [-0.39, 0.29) is 37.5 Å². The average molecular weight is 710 g/mol. The second-order valence-electron chi connectivity index (χ2n) is 10.6. The first-order valence-corrected chi connectivity index (χ1v) is 14.7. The Kier molecular flexibility index (Phi) is 14.3. The van der Waals surface area contributed by atoms with Gasteiger partial charge in [-0.25, -0.2) is 4.79 Å². The van der Waals surface area contributed by atoms with E-state index in [1.807, 2.05) is 0 Å². The predicted molar refractivity (Wildman–Crippen MR) is 161 cm³/mol. The number of ether oxygens (including phenoxy) is 4. The van der Waals surface area contributed by atoms with Crippen LogP contribution in [-0.4, -0.2) is 143 Å². The van der Waals surface area contributed by atoms with Gasteiger partial charge in [-0.15, -0.1) is 0 Å². The molecule has 21 heteroatoms. The molecular weight excluding hydrogens is 674 g/mol. The highest BCUT2D eigenvalue weighted by Crippen LogP contribution is 2.31. The van der Waals surface area contributed by atoms with Gasteiger partial charge in [0.1, 0.15) is 43.3 Å². The second kappa shape index (κ2) is 18.3. The Morgan fingerprint density at radius 2 is 1.68 bits per heavy atom. The number of carbonyl (C=O) groups excluding carboxylic acids is 7. The Hall–Kier alpha value is -5.48. The normalized spacial score (nSPS) is 21.9. The fourth-order valence-corrected chi connectivity index (χ4v) is 4.44. The summed E-state index contributed by atoms with van der Waals surface area (Å²) >= 11 is 0. The minimum atomic E-state index is -2.00. The summed E-state index contributed by atoms with van der Waals surface area (Å²) in [5, 5.41) is 49.1. The number of amides is 6. The molecule has 0 aromatic heterocycles. The van der Waals surface area contributed by atoms with Crippen molar-refractivity contribution >= 4 is 53.6 Å². The Labute approximate surface area is 282 Å². The summed E-state index contributed by atoms with van der Waals surface area (Å²) in [5.74, 6) is -6.76. The maximum atomic E-state index is 13.1. The molecule has 1 aromatic rings. The Morgan fingerprint density at radius 1 is 0.980 bits per heavy atom. The number of carbonyl (C=O) groups is 8. The van der Waals surface area contributed by atoms with E-state index in [9.17, 15) is 58.8 Å². The number of imide groups is 1. The number of hydrogen-bond donors (Lipinski definition) is 8. The van der Waals surface area contributed by atoms with Crippen molar-refractivity contribution in [1.82, 2.24) is 20.9 Å². The number of aliphatic hydroxyl groups excluding tert-OH is 3. The van der Waals surface area contributed by atoms with Crippen molar-refractivity contribution in [2.75, 3.05) is 38.7 Å². The Balaban J connectivity index is 1.72. The van der Waals surface area contributed by atoms with Gasteiger partial charge in [0.2, 0.25) is 29.9 Å². The quantitative estimate of drug-likeness (QED) is 0.0524. The zero-order valence-corrected chi connectivity index (χ0v) is 26.3. The standard InChI is InChI=1S/C29H35N5O16/c1-47-7-6-18(36)30-9-16(33-20(38)11-34-21(39)4-5-22(34)40)27(44)31-10-19(37)32-15-8-14(12-48-13-35)2-3-17(15)49-29-25(43)23(41)24(42)26(50-29)28(45)46/h2-5,8,13,16,23-26,29,41-43H,6-7,9-12H2,1H3,(H,30,36)(H,31,44)(H,32,37)(H,33,38)(H,45,46)/t16?,23-,24-,25+,26-,29+/m0/s1. The number of benzene rings is 1. The van der Waals surface area contributed by atoms with Crippen LogP contribution in [0.1, 0.15) is 12.0 Å². The molecule has 2 aliphatic rings. The van der Waals surface area contributed by atoms with Gasteiger partial charge in [-0.3, -0.25) is 38.5 Å². The highest BCUT2D eigenvalue weighted by atomic mass is 16.7. The van der Waals surface area contributed by atoms with Crippen LogP contribution in [0.4, 0.5) is 5.69 Å². The number of carboxylic acids is 1. The molecule has 6 atom stereocenters. The van der Waals surface area contributed by atoms with Gasteiger partial charge in [-0.1, -0.05) is 6.07 Å². The third-order valence-corrected chi connectivity index (χ3v) is 7.01. The van der Waals surface area contributed by atoms with Crippen LogP contribution in [0.2, 0.25) is 0 Å². The summed E-state index contributed by atoms with van der Waals surface area (Å²) in [4.78, 5) is 97.2. The fourth-order valence-electron chi connectivity index (χ4n) is 4.44. The third-order valence-electron chi connectivity index (χ3n) is 7.01. The summed E-state index contributed by atoms with van der Waals surface area (Å²) < 4.78 is 20.2. The minimum Gasteiger partial charge on any atom is -0.479 e. The summed E-state index contributed by atoms with van der Waals surface area (Å²) in [7, 11) is 1.37. The first-order chi connectivity index (χ1) is 23.7. The van der Waals surface area contributed by atoms with Crippen molar-refractivity contribution in [2.24, 2.45) is 0 Å². The zero-order chi connectivity index (χ0) is 37.0. The van der Waals surface area contributed by atoms with Gasteiger partial charge in [0.15, 0.2) is 6.10 Å². The predicted octanol–water partition coefficient (Wildman–Crippen LogP) is -4.75. The monoisotopic (exact) mass is 709 g/mol. The fraction of sp³-hybridized carbons (Fsp3) is 0.448. The first-order valence-electron chi connectivity index (χ1n) is 14.7. The maximum Gasteiger partial charge on any atom is 0.335 e. The second-order valence-corrected chi connectivity index (χ2v) is 10.6. The van der Waals surface area contributed by atoms with Gasteiger partial charge in [-0.05, 0) is 17.7 Å². The highest BCUT2D eigenvalue weighted by molar-refractivity contribution is 6.14. The number of hydrogen-bond acceptors (Lipinski definition) is 15. The van der Waals surface area contributed by atoms with Crippen LogP contribution in [0.3, 0.4) is 0 Å². The van der Waals surface area contributed by atoms with E-state index in [4.69, 9.17) is 18.9 Å². The van der Waals surface area contributed by atoms with Crippen molar-refractivity contribution in [3.05, 3.63) is 35.9 Å². The number of carboxylic acid groups (broad SMARTS) is 1. The smallest absolute Gasteiger partial charge is 0.335 e. The highest BCUT2D eigenvalue weighted by Gasteiger charge is 2.48. The summed E-state index contributed by atoms with van der Waals surface area (Å²) in [6.45, 7) is -1.98. The minimum absolute atomic E-state index is 0.0596. The largest absolute Gasteiger partial charge is 0.479 e. The molecule has 272 valence electrons. The van der Waals surface area contributed by atoms with E-state index in [1.54, 1.807) is 0 Å². The molecule has 0 aliphatic carbocycles. The Bertz CT molecular complexity index is 1480. The first kappa shape index (κ1) is 39.0. The third kappa shape index (κ3) is 10.8. The molecular formula is C29H35N5O16. The number of nitrogens with zero attached hydrogens (tertiary/aromatic N) is 1. The van der Waals surface area contributed by atoms with Crippen LogP contribution in [0, 0.1) is 0 Å². The zero-order valence-electron chi connectivity index (χ0n) is 26.3. The molecule has 0 radical (unpaired) electrons. The number of rotatable bonds is 18. The van der Waals surface area contributed by atoms with Crippen molar-refractivity contribution < 1.29 is 77.7 Å². The van der Waals surface area contributed by atoms with Crippen molar-refractivity contribution in [3.63, 3.8) is 0 Å². The lowest BCUT2D eigenvalue weighted by Crippen LogP contribution is -2.61. The van der Waals surface area contributed by atoms with E-state index >= 15 is 0 Å². The van der Waals surface area contributed by atoms with Gasteiger partial charge in [0, 0.05) is 32.2 Å². The molecule has 1 fully saturated rings. The average Bonchev–Trinajstić information content (AvgIpc) is 3.39. The van der Waals surface area contributed by atoms with Gasteiger partial charge < -0.3 is 60.6 Å². The molecule has 6 amide bonds. The molecule has 21 nitrogen and oxygen atoms in total. The van der Waals surface area contributed by atoms with E-state index in [2.05, 4.69) is 21.3 Å². The molecule has 3 rings (SSSR count). The van der Waals surface area contributed by atoms with E-state index in [1.165, 1.54) is 25.3 Å². The van der Waals surface area contributed by atoms with Gasteiger partial charge in [0.25, 0.3) is 18.3 Å². The molecule has 0 saturated carbocycles. The lowest BCUT2D eigenvalue weighted by Gasteiger charge is -2.38. The topological polar surface area (TPSA) is 306 Å². The van der Waals surface area contributed by atoms with Crippen molar-refractivity contribution in [1.29, 1.82) is 0 Å². The number of aliphatic hydroxyl groups is 3. The molecule has 2 aliphatic heterocycles. The summed E-state index contributed by atoms with van der Waals surface area (Å²) in [6.07, 6.45) is -7.93. The number of aliphatic carboxylic acids is 1. The van der Waals surface area contributed by atoms with Crippen molar-refractivity contribution in [2.45, 2.75) is 49.8 Å². The maximum absolute atomic E-state index is 13.1. The lowest BCUT2D eigenvalue weighted by atomic mass is 9.99. The van der Waals surface area contributed by atoms with Crippen LogP contribution in [0.15, 0.2) is 30.4 Å². The van der Waals surface area contributed by atoms with Crippen LogP contribution < -0.4 is 26.0 Å². The molecule has 0 bridgehead atoms. The summed E-state index contributed by atoms with van der Waals surface area (Å²) in [5.41, 5.74) is 0.147. The van der Waals surface area contributed by atoms with E-state index < -0.39 is 97.8 Å². The lowest BCUT2D eigenvalue weighted by molar-refractivity contribution is -0.271. The van der Waals surface area contributed by atoms with Gasteiger partial charge >= 0.3 is 5.97 Å². The molecule has 2 heterocycles. The molecule has 1 saturated heterocycles. The van der Waals surface area contributed by atoms with E-state index in [0.717, 1.165) is 12.2 Å². The number of nitrogens with one attached hydrogen (secondary N) is 4. The molecule has 50 heavy (non-hydrogen) atoms. The van der Waals surface area contributed by atoms with Crippen molar-refractivity contribution in [3.8, 4) is 5.75 Å². The summed E-state index contributed by atoms with van der Waals surface area (Å²) in [6, 6.07) is 2.38. The number of anilines is 1. The van der Waals surface area contributed by atoms with Gasteiger partial charge in [-0.2, -0.15) is 0 Å². The van der Waals surface area contributed by atoms with E-state index in [0.29, 0.717) is 10.5 Å². The molecule has 0 spiro atoms. The molecule has 1 unspecified atom stereocenters. The van der Waals surface area contributed by atoms with Crippen LogP contribution >= 0.6 is 0 Å². The molecule has 8 N–H and O–H groups in total. The van der Waals surface area contributed by atoms with Crippen LogP contribution in [-0.2, 0) is 59.2 Å². The van der Waals surface area contributed by atoms with Crippen LogP contribution in [0.25, 0.3) is 0 Å². The Morgan fingerprint density at radius 3 is 2.32 bits per heavy atom. The van der Waals surface area contributed by atoms with Gasteiger partial charge in [0.05, 0.1) is 18.8 Å².